The van der Waals surface area contributed by atoms with Crippen molar-refractivity contribution in [2.45, 2.75) is 46.2 Å². The average Bonchev–Trinajstić information content (AvgIpc) is 3.29. The van der Waals surface area contributed by atoms with Crippen molar-refractivity contribution in [3.05, 3.63) is 53.6 Å². The van der Waals surface area contributed by atoms with Crippen molar-refractivity contribution in [2.75, 3.05) is 26.2 Å². The maximum atomic E-state index is 13.1. The van der Waals surface area contributed by atoms with Crippen LogP contribution in [0, 0.1) is 12.3 Å². The Morgan fingerprint density at radius 2 is 2.04 bits per heavy atom. The molecule has 2 aromatic rings. The van der Waals surface area contributed by atoms with Crippen molar-refractivity contribution in [1.29, 1.82) is 0 Å². The van der Waals surface area contributed by atoms with Gasteiger partial charge in [-0.3, -0.25) is 9.69 Å². The van der Waals surface area contributed by atoms with Gasteiger partial charge in [0.2, 0.25) is 0 Å². The number of rotatable bonds is 4. The Hall–Kier alpha value is -2.14. The van der Waals surface area contributed by atoms with Crippen LogP contribution in [-0.2, 0) is 13.1 Å². The number of imidazole rings is 1. The molecule has 2 fully saturated rings. The summed E-state index contributed by atoms with van der Waals surface area (Å²) in [7, 11) is 0. The molecule has 0 saturated carbocycles. The van der Waals surface area contributed by atoms with Gasteiger partial charge < -0.3 is 9.47 Å². The Balaban J connectivity index is 1.43. The minimum Gasteiger partial charge on any atom is -0.338 e. The molecule has 2 aliphatic rings. The van der Waals surface area contributed by atoms with Crippen LogP contribution in [0.5, 0.6) is 0 Å². The Labute approximate surface area is 162 Å². The van der Waals surface area contributed by atoms with E-state index in [4.69, 9.17) is 0 Å². The molecule has 4 rings (SSSR count). The molecular formula is C22H30N4O. The van der Waals surface area contributed by atoms with Gasteiger partial charge in [0.05, 0.1) is 6.54 Å². The molecule has 3 heterocycles. The van der Waals surface area contributed by atoms with Crippen LogP contribution in [-0.4, -0.2) is 51.4 Å². The van der Waals surface area contributed by atoms with E-state index in [2.05, 4.69) is 32.5 Å². The standard InChI is InChI=1S/C22H30N4O/c1-3-25-14-11-23-20(25)15-24-13-10-22(16-24)9-6-12-26(17-22)21(27)19-8-5-4-7-18(19)2/h4-5,7-8,11,14H,3,6,9-10,12-13,15-17H2,1-2H3/t22-/m1/s1. The van der Waals surface area contributed by atoms with Gasteiger partial charge in [0, 0.05) is 49.6 Å². The van der Waals surface area contributed by atoms with Gasteiger partial charge in [0.1, 0.15) is 5.82 Å². The third kappa shape index (κ3) is 3.65. The van der Waals surface area contributed by atoms with E-state index in [0.717, 1.165) is 62.6 Å². The van der Waals surface area contributed by atoms with E-state index in [9.17, 15) is 4.79 Å². The first kappa shape index (κ1) is 18.2. The number of hydrogen-bond donors (Lipinski definition) is 0. The molecule has 1 aromatic carbocycles. The second-order valence-corrected chi connectivity index (χ2v) is 8.24. The normalized spacial score (nSPS) is 23.3. The fourth-order valence-electron chi connectivity index (χ4n) is 4.84. The molecule has 27 heavy (non-hydrogen) atoms. The molecule has 2 aliphatic heterocycles. The molecule has 0 bridgehead atoms. The van der Waals surface area contributed by atoms with Crippen LogP contribution in [0.25, 0.3) is 0 Å². The third-order valence-corrected chi connectivity index (χ3v) is 6.35. The minimum absolute atomic E-state index is 0.201. The highest BCUT2D eigenvalue weighted by Crippen LogP contribution is 2.39. The van der Waals surface area contributed by atoms with E-state index < -0.39 is 0 Å². The lowest BCUT2D eigenvalue weighted by molar-refractivity contribution is 0.0525. The van der Waals surface area contributed by atoms with Crippen LogP contribution in [0.15, 0.2) is 36.7 Å². The van der Waals surface area contributed by atoms with Gasteiger partial charge in [0.25, 0.3) is 5.91 Å². The number of carbonyl (C=O) groups excluding carboxylic acids is 1. The molecule has 1 atom stereocenters. The quantitative estimate of drug-likeness (QED) is 0.833. The van der Waals surface area contributed by atoms with Gasteiger partial charge in [0.15, 0.2) is 0 Å². The van der Waals surface area contributed by atoms with Crippen LogP contribution in [0.4, 0.5) is 0 Å². The van der Waals surface area contributed by atoms with Crippen LogP contribution in [0.2, 0.25) is 0 Å². The summed E-state index contributed by atoms with van der Waals surface area (Å²) in [6, 6.07) is 7.95. The first-order valence-electron chi connectivity index (χ1n) is 10.2. The van der Waals surface area contributed by atoms with E-state index in [0.29, 0.717) is 0 Å². The molecule has 0 unspecified atom stereocenters. The SMILES string of the molecule is CCn1ccnc1CN1CC[C@]2(CCCN(C(=O)c3ccccc3C)C2)C1. The number of aromatic nitrogens is 2. The van der Waals surface area contributed by atoms with Crippen molar-refractivity contribution < 1.29 is 4.79 Å². The Kier molecular flexibility index (Phi) is 5.04. The van der Waals surface area contributed by atoms with Gasteiger partial charge >= 0.3 is 0 Å². The van der Waals surface area contributed by atoms with Gasteiger partial charge in [-0.15, -0.1) is 0 Å². The Morgan fingerprint density at radius 1 is 1.19 bits per heavy atom. The predicted octanol–water partition coefficient (Wildman–Crippen LogP) is 3.34. The van der Waals surface area contributed by atoms with Crippen molar-refractivity contribution in [2.24, 2.45) is 5.41 Å². The molecule has 1 spiro atoms. The number of benzene rings is 1. The highest BCUT2D eigenvalue weighted by molar-refractivity contribution is 5.95. The summed E-state index contributed by atoms with van der Waals surface area (Å²) < 4.78 is 2.22. The van der Waals surface area contributed by atoms with Crippen LogP contribution >= 0.6 is 0 Å². The van der Waals surface area contributed by atoms with Crippen LogP contribution < -0.4 is 0 Å². The molecule has 1 amide bonds. The monoisotopic (exact) mass is 366 g/mol. The van der Waals surface area contributed by atoms with E-state index in [1.165, 1.54) is 12.8 Å². The maximum absolute atomic E-state index is 13.1. The summed E-state index contributed by atoms with van der Waals surface area (Å²) in [6.45, 7) is 10.0. The van der Waals surface area contributed by atoms with Crippen molar-refractivity contribution >= 4 is 5.91 Å². The topological polar surface area (TPSA) is 41.4 Å². The first-order valence-corrected chi connectivity index (χ1v) is 10.2. The summed E-state index contributed by atoms with van der Waals surface area (Å²) in [5.74, 6) is 1.35. The number of carbonyl (C=O) groups is 1. The summed E-state index contributed by atoms with van der Waals surface area (Å²) in [5.41, 5.74) is 2.18. The zero-order valence-corrected chi connectivity index (χ0v) is 16.5. The Bertz CT molecular complexity index is 814. The molecule has 2 saturated heterocycles. The summed E-state index contributed by atoms with van der Waals surface area (Å²) in [6.07, 6.45) is 7.47. The van der Waals surface area contributed by atoms with Gasteiger partial charge in [-0.2, -0.15) is 0 Å². The second kappa shape index (κ2) is 7.47. The molecule has 1 aromatic heterocycles. The molecule has 0 radical (unpaired) electrons. The maximum Gasteiger partial charge on any atom is 0.254 e. The largest absolute Gasteiger partial charge is 0.338 e. The minimum atomic E-state index is 0.201. The van der Waals surface area contributed by atoms with Crippen molar-refractivity contribution in [3.8, 4) is 0 Å². The number of amides is 1. The number of hydrogen-bond acceptors (Lipinski definition) is 3. The van der Waals surface area contributed by atoms with E-state index >= 15 is 0 Å². The summed E-state index contributed by atoms with van der Waals surface area (Å²) in [5, 5.41) is 0. The number of nitrogens with zero attached hydrogens (tertiary/aromatic N) is 4. The number of aryl methyl sites for hydroxylation is 2. The first-order chi connectivity index (χ1) is 13.1. The fraction of sp³-hybridized carbons (Fsp3) is 0.545. The van der Waals surface area contributed by atoms with Crippen molar-refractivity contribution in [3.63, 3.8) is 0 Å². The van der Waals surface area contributed by atoms with E-state index in [1.807, 2.05) is 37.4 Å². The molecule has 0 aliphatic carbocycles. The second-order valence-electron chi connectivity index (χ2n) is 8.24. The van der Waals surface area contributed by atoms with Crippen LogP contribution in [0.1, 0.15) is 47.9 Å². The average molecular weight is 367 g/mol. The van der Waals surface area contributed by atoms with E-state index in [-0.39, 0.29) is 11.3 Å². The van der Waals surface area contributed by atoms with Crippen LogP contribution in [0.3, 0.4) is 0 Å². The molecule has 5 heteroatoms. The molecular weight excluding hydrogens is 336 g/mol. The zero-order valence-electron chi connectivity index (χ0n) is 16.5. The smallest absolute Gasteiger partial charge is 0.254 e. The lowest BCUT2D eigenvalue weighted by Crippen LogP contribution is -2.47. The number of piperidine rings is 1. The van der Waals surface area contributed by atoms with Gasteiger partial charge in [-0.1, -0.05) is 18.2 Å². The lowest BCUT2D eigenvalue weighted by Gasteiger charge is -2.40. The zero-order chi connectivity index (χ0) is 18.9. The lowest BCUT2D eigenvalue weighted by atomic mass is 9.79. The van der Waals surface area contributed by atoms with E-state index in [1.54, 1.807) is 0 Å². The highest BCUT2D eigenvalue weighted by atomic mass is 16.2. The highest BCUT2D eigenvalue weighted by Gasteiger charge is 2.42. The third-order valence-electron chi connectivity index (χ3n) is 6.35. The van der Waals surface area contributed by atoms with Gasteiger partial charge in [-0.05, 0) is 51.3 Å². The molecule has 0 N–H and O–H groups in total. The predicted molar refractivity (Wildman–Crippen MR) is 107 cm³/mol. The molecule has 144 valence electrons. The van der Waals surface area contributed by atoms with Crippen molar-refractivity contribution in [1.82, 2.24) is 19.4 Å². The number of likely N-dealkylation sites (tertiary alicyclic amines) is 2. The Morgan fingerprint density at radius 3 is 2.85 bits per heavy atom. The fourth-order valence-corrected chi connectivity index (χ4v) is 4.84. The molecule has 5 nitrogen and oxygen atoms in total. The summed E-state index contributed by atoms with van der Waals surface area (Å²) in [4.78, 5) is 22.2. The summed E-state index contributed by atoms with van der Waals surface area (Å²) >= 11 is 0. The van der Waals surface area contributed by atoms with Gasteiger partial charge in [-0.25, -0.2) is 4.98 Å².